The number of ether oxygens (including phenoxy) is 1. The molecule has 2 aromatic carbocycles. The topological polar surface area (TPSA) is 38.5 Å². The number of hydrogen-bond donors (Lipinski definition) is 1. The second-order valence-corrected chi connectivity index (χ2v) is 5.18. The third-order valence-corrected chi connectivity index (χ3v) is 3.74. The minimum Gasteiger partial charge on any atom is -0.496 e. The monoisotopic (exact) mass is 288 g/mol. The van der Waals surface area contributed by atoms with Gasteiger partial charge in [-0.1, -0.05) is 18.2 Å². The number of halogens is 1. The molecule has 2 N–H and O–H groups in total. The van der Waals surface area contributed by atoms with Crippen LogP contribution in [0.4, 0.5) is 15.8 Å². The van der Waals surface area contributed by atoms with E-state index in [1.54, 1.807) is 13.2 Å². The van der Waals surface area contributed by atoms with Gasteiger partial charge in [0, 0.05) is 13.1 Å². The Kier molecular flexibility index (Phi) is 4.68. The van der Waals surface area contributed by atoms with E-state index >= 15 is 0 Å². The minimum absolute atomic E-state index is 0.158. The van der Waals surface area contributed by atoms with E-state index in [1.165, 1.54) is 12.1 Å². The third-order valence-electron chi connectivity index (χ3n) is 3.74. The lowest BCUT2D eigenvalue weighted by atomic mass is 10.0. The highest BCUT2D eigenvalue weighted by molar-refractivity contribution is 5.67. The highest BCUT2D eigenvalue weighted by atomic mass is 19.1. The summed E-state index contributed by atoms with van der Waals surface area (Å²) in [4.78, 5) is 1.99. The molecule has 0 aliphatic rings. The molecular formula is C17H21FN2O. The second-order valence-electron chi connectivity index (χ2n) is 5.18. The van der Waals surface area contributed by atoms with Crippen LogP contribution in [0.3, 0.4) is 0 Å². The molecule has 0 amide bonds. The maximum absolute atomic E-state index is 13.4. The van der Waals surface area contributed by atoms with Gasteiger partial charge in [-0.2, -0.15) is 0 Å². The standard InChI is InChI=1S/C17H21FN2O/c1-12(10-13-6-4-5-7-17(13)21-3)20(2)16-11-14(18)8-9-15(16)19/h4-9,11-12H,10,19H2,1-3H3. The van der Waals surface area contributed by atoms with E-state index in [9.17, 15) is 4.39 Å². The highest BCUT2D eigenvalue weighted by Gasteiger charge is 2.15. The van der Waals surface area contributed by atoms with Gasteiger partial charge in [-0.3, -0.25) is 0 Å². The van der Waals surface area contributed by atoms with Crippen LogP contribution in [0.5, 0.6) is 5.75 Å². The zero-order valence-corrected chi connectivity index (χ0v) is 12.6. The van der Waals surface area contributed by atoms with Gasteiger partial charge >= 0.3 is 0 Å². The number of para-hydroxylation sites is 1. The molecule has 3 nitrogen and oxygen atoms in total. The fraction of sp³-hybridized carbons (Fsp3) is 0.294. The summed E-state index contributed by atoms with van der Waals surface area (Å²) in [7, 11) is 3.59. The van der Waals surface area contributed by atoms with E-state index in [0.717, 1.165) is 17.7 Å². The van der Waals surface area contributed by atoms with E-state index in [-0.39, 0.29) is 11.9 Å². The normalized spacial score (nSPS) is 12.0. The molecule has 0 aliphatic heterocycles. The quantitative estimate of drug-likeness (QED) is 0.856. The number of benzene rings is 2. The van der Waals surface area contributed by atoms with Crippen LogP contribution in [0.1, 0.15) is 12.5 Å². The number of methoxy groups -OCH3 is 1. The molecule has 2 rings (SSSR count). The van der Waals surface area contributed by atoms with Crippen molar-refractivity contribution in [3.05, 3.63) is 53.8 Å². The van der Waals surface area contributed by atoms with Crippen LogP contribution in [0, 0.1) is 5.82 Å². The number of nitrogens with two attached hydrogens (primary N) is 1. The Bertz CT molecular complexity index is 615. The summed E-state index contributed by atoms with van der Waals surface area (Å²) in [6, 6.07) is 12.5. The van der Waals surface area contributed by atoms with Crippen LogP contribution < -0.4 is 15.4 Å². The Morgan fingerprint density at radius 3 is 2.67 bits per heavy atom. The Labute approximate surface area is 125 Å². The fourth-order valence-corrected chi connectivity index (χ4v) is 2.39. The van der Waals surface area contributed by atoms with Gasteiger partial charge in [0.2, 0.25) is 0 Å². The molecule has 1 atom stereocenters. The summed E-state index contributed by atoms with van der Waals surface area (Å²) in [5, 5.41) is 0. The summed E-state index contributed by atoms with van der Waals surface area (Å²) in [5.74, 6) is 0.584. The molecule has 21 heavy (non-hydrogen) atoms. The SMILES string of the molecule is COc1ccccc1CC(C)N(C)c1cc(F)ccc1N. The first-order valence-electron chi connectivity index (χ1n) is 6.92. The molecule has 4 heteroatoms. The molecule has 0 aromatic heterocycles. The Hall–Kier alpha value is -2.23. The Morgan fingerprint density at radius 1 is 1.24 bits per heavy atom. The van der Waals surface area contributed by atoms with Gasteiger partial charge in [-0.05, 0) is 43.2 Å². The van der Waals surface area contributed by atoms with Gasteiger partial charge in [0.1, 0.15) is 11.6 Å². The smallest absolute Gasteiger partial charge is 0.125 e. The Balaban J connectivity index is 2.19. The third kappa shape index (κ3) is 3.45. The summed E-state index contributed by atoms with van der Waals surface area (Å²) >= 11 is 0. The van der Waals surface area contributed by atoms with Gasteiger partial charge in [0.25, 0.3) is 0 Å². The number of likely N-dealkylation sites (N-methyl/N-ethyl adjacent to an activating group) is 1. The number of nitrogen functional groups attached to an aromatic ring is 1. The zero-order valence-electron chi connectivity index (χ0n) is 12.6. The van der Waals surface area contributed by atoms with Crippen LogP contribution in [-0.2, 0) is 6.42 Å². The molecule has 0 saturated heterocycles. The lowest BCUT2D eigenvalue weighted by molar-refractivity contribution is 0.408. The van der Waals surface area contributed by atoms with Crippen molar-refractivity contribution in [2.75, 3.05) is 24.8 Å². The predicted octanol–water partition coefficient (Wildman–Crippen LogP) is 3.48. The molecule has 0 fully saturated rings. The average molecular weight is 288 g/mol. The summed E-state index contributed by atoms with van der Waals surface area (Å²) in [6.45, 7) is 2.08. The predicted molar refractivity (Wildman–Crippen MR) is 85.4 cm³/mol. The van der Waals surface area contributed by atoms with E-state index in [2.05, 4.69) is 6.92 Å². The average Bonchev–Trinajstić information content (AvgIpc) is 2.49. The summed E-state index contributed by atoms with van der Waals surface area (Å²) in [5.41, 5.74) is 8.35. The number of nitrogens with zero attached hydrogens (tertiary/aromatic N) is 1. The van der Waals surface area contributed by atoms with Crippen LogP contribution in [0.2, 0.25) is 0 Å². The first kappa shape index (κ1) is 15.2. The summed E-state index contributed by atoms with van der Waals surface area (Å²) in [6.07, 6.45) is 0.788. The molecule has 0 bridgehead atoms. The van der Waals surface area contributed by atoms with Crippen molar-refractivity contribution in [2.24, 2.45) is 0 Å². The van der Waals surface area contributed by atoms with E-state index < -0.39 is 0 Å². The van der Waals surface area contributed by atoms with Crippen molar-refractivity contribution in [2.45, 2.75) is 19.4 Å². The maximum atomic E-state index is 13.4. The molecule has 112 valence electrons. The van der Waals surface area contributed by atoms with Gasteiger partial charge in [-0.15, -0.1) is 0 Å². The Morgan fingerprint density at radius 2 is 1.95 bits per heavy atom. The highest BCUT2D eigenvalue weighted by Crippen LogP contribution is 2.27. The number of hydrogen-bond acceptors (Lipinski definition) is 3. The van der Waals surface area contributed by atoms with Crippen molar-refractivity contribution >= 4 is 11.4 Å². The molecule has 1 unspecified atom stereocenters. The number of rotatable bonds is 5. The molecular weight excluding hydrogens is 267 g/mol. The molecule has 0 saturated carbocycles. The van der Waals surface area contributed by atoms with Gasteiger partial charge in [0.05, 0.1) is 18.5 Å². The van der Waals surface area contributed by atoms with E-state index in [1.807, 2.05) is 36.2 Å². The van der Waals surface area contributed by atoms with Crippen molar-refractivity contribution in [1.82, 2.24) is 0 Å². The van der Waals surface area contributed by atoms with Crippen LogP contribution in [-0.4, -0.2) is 20.2 Å². The van der Waals surface area contributed by atoms with Gasteiger partial charge in [-0.25, -0.2) is 4.39 Å². The molecule has 0 radical (unpaired) electrons. The zero-order chi connectivity index (χ0) is 15.4. The largest absolute Gasteiger partial charge is 0.496 e. The van der Waals surface area contributed by atoms with E-state index in [0.29, 0.717) is 11.4 Å². The van der Waals surface area contributed by atoms with Gasteiger partial charge < -0.3 is 15.4 Å². The van der Waals surface area contributed by atoms with Crippen molar-refractivity contribution < 1.29 is 9.13 Å². The van der Waals surface area contributed by atoms with Crippen LogP contribution in [0.25, 0.3) is 0 Å². The minimum atomic E-state index is -0.282. The lowest BCUT2D eigenvalue weighted by Gasteiger charge is -2.28. The van der Waals surface area contributed by atoms with Gasteiger partial charge in [0.15, 0.2) is 0 Å². The van der Waals surface area contributed by atoms with Crippen molar-refractivity contribution in [3.63, 3.8) is 0 Å². The van der Waals surface area contributed by atoms with Crippen molar-refractivity contribution in [3.8, 4) is 5.75 Å². The summed E-state index contributed by atoms with van der Waals surface area (Å²) < 4.78 is 18.8. The molecule has 0 spiro atoms. The maximum Gasteiger partial charge on any atom is 0.125 e. The fourth-order valence-electron chi connectivity index (χ4n) is 2.39. The molecule has 2 aromatic rings. The first-order chi connectivity index (χ1) is 10.0. The first-order valence-corrected chi connectivity index (χ1v) is 6.92. The molecule has 0 heterocycles. The molecule has 0 aliphatic carbocycles. The van der Waals surface area contributed by atoms with E-state index in [4.69, 9.17) is 10.5 Å². The lowest BCUT2D eigenvalue weighted by Crippen LogP contribution is -2.31. The van der Waals surface area contributed by atoms with Crippen LogP contribution >= 0.6 is 0 Å². The number of anilines is 2. The van der Waals surface area contributed by atoms with Crippen molar-refractivity contribution in [1.29, 1.82) is 0 Å². The second kappa shape index (κ2) is 6.48. The van der Waals surface area contributed by atoms with Crippen LogP contribution in [0.15, 0.2) is 42.5 Å².